The normalized spacial score (nSPS) is 15.8. The van der Waals surface area contributed by atoms with Crippen LogP contribution >= 0.6 is 0 Å². The van der Waals surface area contributed by atoms with E-state index in [4.69, 9.17) is 4.42 Å². The van der Waals surface area contributed by atoms with E-state index in [0.717, 1.165) is 18.9 Å². The Morgan fingerprint density at radius 3 is 2.47 bits per heavy atom. The third-order valence-electron chi connectivity index (χ3n) is 5.55. The lowest BCUT2D eigenvalue weighted by Crippen LogP contribution is -2.54. The third-order valence-corrected chi connectivity index (χ3v) is 5.55. The lowest BCUT2D eigenvalue weighted by Gasteiger charge is -2.36. The highest BCUT2D eigenvalue weighted by molar-refractivity contribution is 5.91. The number of piperazine rings is 1. The lowest BCUT2D eigenvalue weighted by atomic mass is 9.99. The average molecular weight is 420 g/mol. The number of hydrogen-bond acceptors (Lipinski definition) is 4. The number of rotatable bonds is 9. The van der Waals surface area contributed by atoms with Crippen LogP contribution in [0.1, 0.15) is 50.1 Å². The summed E-state index contributed by atoms with van der Waals surface area (Å²) < 4.78 is 5.24. The molecule has 0 aromatic carbocycles. The zero-order valence-electron chi connectivity index (χ0n) is 18.9. The van der Waals surface area contributed by atoms with Crippen LogP contribution in [0.5, 0.6) is 0 Å². The van der Waals surface area contributed by atoms with Crippen LogP contribution in [-0.2, 0) is 4.79 Å². The zero-order chi connectivity index (χ0) is 21.9. The van der Waals surface area contributed by atoms with E-state index in [9.17, 15) is 9.59 Å². The molecule has 0 bridgehead atoms. The summed E-state index contributed by atoms with van der Waals surface area (Å²) in [5, 5.41) is 3.50. The number of amides is 2. The predicted molar refractivity (Wildman–Crippen MR) is 118 cm³/mol. The summed E-state index contributed by atoms with van der Waals surface area (Å²) in [5.74, 6) is 1.60. The zero-order valence-corrected chi connectivity index (χ0v) is 18.9. The van der Waals surface area contributed by atoms with E-state index in [2.05, 4.69) is 29.1 Å². The van der Waals surface area contributed by atoms with Gasteiger partial charge in [0.05, 0.1) is 6.26 Å². The van der Waals surface area contributed by atoms with Crippen molar-refractivity contribution in [3.63, 3.8) is 0 Å². The molecule has 8 heteroatoms. The summed E-state index contributed by atoms with van der Waals surface area (Å²) >= 11 is 0. The SMILES string of the molecule is CCCCC(CC)CNC(=NCC(=O)N(C)C)N1CCN(C(=O)c2ccco2)CC1. The topological polar surface area (TPSA) is 81.4 Å². The van der Waals surface area contributed by atoms with Crippen LogP contribution in [0.15, 0.2) is 27.8 Å². The largest absolute Gasteiger partial charge is 0.459 e. The fourth-order valence-electron chi connectivity index (χ4n) is 3.41. The predicted octanol–water partition coefficient (Wildman–Crippen LogP) is 2.29. The Balaban J connectivity index is 1.98. The van der Waals surface area contributed by atoms with E-state index in [1.165, 1.54) is 25.5 Å². The smallest absolute Gasteiger partial charge is 0.289 e. The van der Waals surface area contributed by atoms with Gasteiger partial charge < -0.3 is 24.4 Å². The molecular weight excluding hydrogens is 382 g/mol. The molecule has 168 valence electrons. The molecule has 1 aromatic rings. The lowest BCUT2D eigenvalue weighted by molar-refractivity contribution is -0.127. The highest BCUT2D eigenvalue weighted by Gasteiger charge is 2.25. The van der Waals surface area contributed by atoms with E-state index in [-0.39, 0.29) is 18.4 Å². The Kier molecular flexibility index (Phi) is 9.70. The Hall–Kier alpha value is -2.51. The van der Waals surface area contributed by atoms with E-state index in [1.807, 2.05) is 0 Å². The molecule has 0 spiro atoms. The molecule has 2 heterocycles. The standard InChI is InChI=1S/C22H37N5O3/c1-5-7-9-18(6-2)16-23-22(24-17-20(28)25(3)4)27-13-11-26(12-14-27)21(29)19-10-8-15-30-19/h8,10,15,18H,5-7,9,11-14,16-17H2,1-4H3,(H,23,24). The number of unbranched alkanes of at least 4 members (excludes halogenated alkanes) is 1. The quantitative estimate of drug-likeness (QED) is 0.491. The van der Waals surface area contributed by atoms with Crippen LogP contribution in [0.25, 0.3) is 0 Å². The van der Waals surface area contributed by atoms with Crippen molar-refractivity contribution in [3.05, 3.63) is 24.2 Å². The van der Waals surface area contributed by atoms with Gasteiger partial charge in [-0.3, -0.25) is 9.59 Å². The van der Waals surface area contributed by atoms with E-state index >= 15 is 0 Å². The average Bonchev–Trinajstić information content (AvgIpc) is 3.30. The van der Waals surface area contributed by atoms with Crippen molar-refractivity contribution in [3.8, 4) is 0 Å². The molecule has 1 saturated heterocycles. The third kappa shape index (κ3) is 7.07. The summed E-state index contributed by atoms with van der Waals surface area (Å²) in [6.07, 6.45) is 6.24. The molecule has 0 saturated carbocycles. The van der Waals surface area contributed by atoms with Crippen molar-refractivity contribution in [2.75, 3.05) is 53.4 Å². The molecule has 1 aliphatic heterocycles. The van der Waals surface area contributed by atoms with Crippen LogP contribution in [0.2, 0.25) is 0 Å². The molecule has 1 unspecified atom stereocenters. The molecule has 1 aromatic heterocycles. The number of likely N-dealkylation sites (N-methyl/N-ethyl adjacent to an activating group) is 1. The Labute approximate surface area is 180 Å². The van der Waals surface area contributed by atoms with Crippen molar-refractivity contribution in [1.29, 1.82) is 0 Å². The fourth-order valence-corrected chi connectivity index (χ4v) is 3.41. The maximum Gasteiger partial charge on any atom is 0.289 e. The molecule has 8 nitrogen and oxygen atoms in total. The van der Waals surface area contributed by atoms with Crippen LogP contribution < -0.4 is 5.32 Å². The van der Waals surface area contributed by atoms with E-state index < -0.39 is 0 Å². The summed E-state index contributed by atoms with van der Waals surface area (Å²) in [5.41, 5.74) is 0. The first-order valence-corrected chi connectivity index (χ1v) is 11.0. The van der Waals surface area contributed by atoms with Gasteiger partial charge in [0.25, 0.3) is 5.91 Å². The van der Waals surface area contributed by atoms with Crippen LogP contribution in [-0.4, -0.2) is 85.8 Å². The van der Waals surface area contributed by atoms with Gasteiger partial charge in [-0.1, -0.05) is 33.1 Å². The van der Waals surface area contributed by atoms with Gasteiger partial charge in [0.1, 0.15) is 6.54 Å². The molecule has 2 rings (SSSR count). The monoisotopic (exact) mass is 419 g/mol. The Morgan fingerprint density at radius 1 is 1.20 bits per heavy atom. The fraction of sp³-hybridized carbons (Fsp3) is 0.682. The Morgan fingerprint density at radius 2 is 1.90 bits per heavy atom. The second kappa shape index (κ2) is 12.2. The maximum absolute atomic E-state index is 12.5. The van der Waals surface area contributed by atoms with Crippen LogP contribution in [0, 0.1) is 5.92 Å². The van der Waals surface area contributed by atoms with Gasteiger partial charge in [0.15, 0.2) is 11.7 Å². The maximum atomic E-state index is 12.5. The number of furan rings is 1. The second-order valence-electron chi connectivity index (χ2n) is 7.98. The van der Waals surface area contributed by atoms with Gasteiger partial charge in [-0.15, -0.1) is 0 Å². The van der Waals surface area contributed by atoms with Crippen molar-refractivity contribution in [2.24, 2.45) is 10.9 Å². The Bertz CT molecular complexity index is 679. The van der Waals surface area contributed by atoms with Gasteiger partial charge in [0.2, 0.25) is 5.91 Å². The minimum atomic E-state index is -0.0838. The second-order valence-corrected chi connectivity index (χ2v) is 7.98. The first kappa shape index (κ1) is 23.8. The summed E-state index contributed by atoms with van der Waals surface area (Å²) in [6.45, 7) is 7.91. The number of hydrogen-bond donors (Lipinski definition) is 1. The molecule has 0 aliphatic carbocycles. The number of nitrogens with zero attached hydrogens (tertiary/aromatic N) is 4. The number of carbonyl (C=O) groups excluding carboxylic acids is 2. The minimum absolute atomic E-state index is 0.0287. The number of nitrogens with one attached hydrogen (secondary N) is 1. The number of carbonyl (C=O) groups is 2. The van der Waals surface area contributed by atoms with Gasteiger partial charge in [0, 0.05) is 46.8 Å². The molecule has 0 radical (unpaired) electrons. The summed E-state index contributed by atoms with van der Waals surface area (Å²) in [6, 6.07) is 3.42. The molecular formula is C22H37N5O3. The summed E-state index contributed by atoms with van der Waals surface area (Å²) in [7, 11) is 3.48. The minimum Gasteiger partial charge on any atom is -0.459 e. The van der Waals surface area contributed by atoms with Gasteiger partial charge in [-0.05, 0) is 24.5 Å². The van der Waals surface area contributed by atoms with Crippen molar-refractivity contribution in [1.82, 2.24) is 20.0 Å². The van der Waals surface area contributed by atoms with E-state index in [0.29, 0.717) is 37.9 Å². The first-order valence-electron chi connectivity index (χ1n) is 11.0. The van der Waals surface area contributed by atoms with Crippen molar-refractivity contribution < 1.29 is 14.0 Å². The highest BCUT2D eigenvalue weighted by atomic mass is 16.3. The molecule has 1 fully saturated rings. The van der Waals surface area contributed by atoms with Crippen molar-refractivity contribution in [2.45, 2.75) is 39.5 Å². The van der Waals surface area contributed by atoms with Gasteiger partial charge in [-0.2, -0.15) is 0 Å². The first-order chi connectivity index (χ1) is 14.5. The van der Waals surface area contributed by atoms with Gasteiger partial charge in [-0.25, -0.2) is 4.99 Å². The summed E-state index contributed by atoms with van der Waals surface area (Å²) in [4.78, 5) is 34.6. The highest BCUT2D eigenvalue weighted by Crippen LogP contribution is 2.13. The number of guanidine groups is 1. The molecule has 1 atom stereocenters. The molecule has 2 amide bonds. The van der Waals surface area contributed by atoms with Crippen molar-refractivity contribution >= 4 is 17.8 Å². The molecule has 1 aliphatic rings. The molecule has 30 heavy (non-hydrogen) atoms. The number of aliphatic imine (C=N–C) groups is 1. The van der Waals surface area contributed by atoms with E-state index in [1.54, 1.807) is 36.0 Å². The van der Waals surface area contributed by atoms with Gasteiger partial charge >= 0.3 is 0 Å². The van der Waals surface area contributed by atoms with Crippen LogP contribution in [0.4, 0.5) is 0 Å². The molecule has 1 N–H and O–H groups in total. The van der Waals surface area contributed by atoms with Crippen LogP contribution in [0.3, 0.4) is 0 Å².